The Morgan fingerprint density at radius 2 is 2.05 bits per heavy atom. The highest BCUT2D eigenvalue weighted by Gasteiger charge is 2.23. The second-order valence-electron chi connectivity index (χ2n) is 4.43. The lowest BCUT2D eigenvalue weighted by molar-refractivity contribution is 0.0696. The van der Waals surface area contributed by atoms with Crippen molar-refractivity contribution in [3.8, 4) is 0 Å². The maximum Gasteiger partial charge on any atom is 0.335 e. The molecule has 0 aromatic heterocycles. The highest BCUT2D eigenvalue weighted by atomic mass is 32.2. The van der Waals surface area contributed by atoms with E-state index in [9.17, 15) is 17.6 Å². The quantitative estimate of drug-likeness (QED) is 0.827. The van der Waals surface area contributed by atoms with Gasteiger partial charge in [0.15, 0.2) is 5.82 Å². The van der Waals surface area contributed by atoms with Crippen molar-refractivity contribution in [2.75, 3.05) is 18.5 Å². The number of carboxylic acids is 1. The Morgan fingerprint density at radius 3 is 2.50 bits per heavy atom. The summed E-state index contributed by atoms with van der Waals surface area (Å²) in [6.07, 6.45) is 1.63. The summed E-state index contributed by atoms with van der Waals surface area (Å²) < 4.78 is 36.9. The molecule has 1 aromatic carbocycles. The van der Waals surface area contributed by atoms with Gasteiger partial charge in [-0.05, 0) is 18.6 Å². The predicted octanol–water partition coefficient (Wildman–Crippen LogP) is 1.41. The molecule has 0 aliphatic carbocycles. The average Bonchev–Trinajstić information content (AvgIpc) is 2.34. The van der Waals surface area contributed by atoms with Crippen molar-refractivity contribution in [3.05, 3.63) is 23.5 Å². The highest BCUT2D eigenvalue weighted by molar-refractivity contribution is 7.89. The van der Waals surface area contributed by atoms with Crippen molar-refractivity contribution >= 4 is 21.7 Å². The van der Waals surface area contributed by atoms with E-state index < -0.39 is 26.7 Å². The van der Waals surface area contributed by atoms with Crippen LogP contribution in [0.2, 0.25) is 0 Å². The van der Waals surface area contributed by atoms with Crippen molar-refractivity contribution in [1.82, 2.24) is 0 Å². The maximum absolute atomic E-state index is 14.2. The monoisotopic (exact) mass is 304 g/mol. The summed E-state index contributed by atoms with van der Waals surface area (Å²) in [6.45, 7) is 2.42. The number of aromatic carboxylic acids is 1. The zero-order chi connectivity index (χ0) is 15.5. The Balaban J connectivity index is 3.43. The van der Waals surface area contributed by atoms with Crippen LogP contribution in [0.25, 0.3) is 0 Å². The van der Waals surface area contributed by atoms with Crippen LogP contribution in [0.15, 0.2) is 17.0 Å². The molecule has 0 fully saturated rings. The molecule has 0 atom stereocenters. The molecule has 0 bridgehead atoms. The third-order valence-corrected chi connectivity index (χ3v) is 3.74. The van der Waals surface area contributed by atoms with Crippen LogP contribution in [0, 0.1) is 5.82 Å². The van der Waals surface area contributed by atoms with Gasteiger partial charge in [0.1, 0.15) is 4.90 Å². The molecule has 20 heavy (non-hydrogen) atoms. The number of carbonyl (C=O) groups is 1. The van der Waals surface area contributed by atoms with Gasteiger partial charge in [-0.2, -0.15) is 0 Å². The van der Waals surface area contributed by atoms with Crippen molar-refractivity contribution in [2.45, 2.75) is 24.7 Å². The van der Waals surface area contributed by atoms with E-state index in [0.29, 0.717) is 6.54 Å². The number of unbranched alkanes of at least 4 members (excludes halogenated alkanes) is 1. The summed E-state index contributed by atoms with van der Waals surface area (Å²) in [5.41, 5.74) is -0.420. The number of halogens is 1. The van der Waals surface area contributed by atoms with E-state index in [-0.39, 0.29) is 11.3 Å². The fourth-order valence-corrected chi connectivity index (χ4v) is 2.35. The third-order valence-electron chi connectivity index (χ3n) is 2.83. The molecule has 8 heteroatoms. The van der Waals surface area contributed by atoms with E-state index >= 15 is 0 Å². The number of hydrogen-bond donors (Lipinski definition) is 2. The minimum absolute atomic E-state index is 0.0950. The van der Waals surface area contributed by atoms with Crippen molar-refractivity contribution in [1.29, 1.82) is 0 Å². The molecule has 1 rings (SSSR count). The van der Waals surface area contributed by atoms with Crippen LogP contribution in [0.5, 0.6) is 0 Å². The van der Waals surface area contributed by atoms with Crippen molar-refractivity contribution < 1.29 is 22.7 Å². The number of nitrogens with zero attached hydrogens (tertiary/aromatic N) is 1. The predicted molar refractivity (Wildman–Crippen MR) is 72.9 cm³/mol. The van der Waals surface area contributed by atoms with Gasteiger partial charge in [-0.25, -0.2) is 22.7 Å². The Labute approximate surface area is 117 Å². The molecule has 0 amide bonds. The molecule has 0 saturated carbocycles. The Morgan fingerprint density at radius 1 is 1.45 bits per heavy atom. The first kappa shape index (κ1) is 16.4. The van der Waals surface area contributed by atoms with Crippen LogP contribution in [0.4, 0.5) is 10.1 Å². The third kappa shape index (κ3) is 3.67. The van der Waals surface area contributed by atoms with Crippen LogP contribution < -0.4 is 10.0 Å². The number of anilines is 1. The number of benzene rings is 1. The van der Waals surface area contributed by atoms with Gasteiger partial charge < -0.3 is 10.0 Å². The number of hydrogen-bond acceptors (Lipinski definition) is 4. The number of rotatable bonds is 6. The molecule has 1 aromatic rings. The normalized spacial score (nSPS) is 11.4. The topological polar surface area (TPSA) is 101 Å². The summed E-state index contributed by atoms with van der Waals surface area (Å²) in [6, 6.07) is 1.83. The largest absolute Gasteiger partial charge is 0.478 e. The van der Waals surface area contributed by atoms with Crippen LogP contribution in [-0.2, 0) is 10.0 Å². The van der Waals surface area contributed by atoms with Crippen molar-refractivity contribution in [2.24, 2.45) is 5.14 Å². The lowest BCUT2D eigenvalue weighted by atomic mass is 10.1. The molecule has 112 valence electrons. The van der Waals surface area contributed by atoms with E-state index in [0.717, 1.165) is 25.0 Å². The first-order valence-electron chi connectivity index (χ1n) is 5.99. The van der Waals surface area contributed by atoms with E-state index in [4.69, 9.17) is 10.2 Å². The van der Waals surface area contributed by atoms with Gasteiger partial charge in [-0.3, -0.25) is 0 Å². The van der Waals surface area contributed by atoms with Crippen LogP contribution >= 0.6 is 0 Å². The number of carboxylic acid groups (broad SMARTS) is 1. The summed E-state index contributed by atoms with van der Waals surface area (Å²) in [5, 5.41) is 13.9. The number of sulfonamides is 1. The molecule has 0 aliphatic rings. The van der Waals surface area contributed by atoms with E-state index in [2.05, 4.69) is 0 Å². The fourth-order valence-electron chi connectivity index (χ4n) is 1.71. The minimum atomic E-state index is -4.33. The molecule has 0 unspecified atom stereocenters. The van der Waals surface area contributed by atoms with E-state index in [1.54, 1.807) is 7.05 Å². The maximum atomic E-state index is 14.2. The van der Waals surface area contributed by atoms with Gasteiger partial charge in [-0.15, -0.1) is 0 Å². The lowest BCUT2D eigenvalue weighted by Gasteiger charge is -2.21. The molecule has 0 saturated heterocycles. The molecular formula is C12H17FN2O4S. The molecule has 0 heterocycles. The second kappa shape index (κ2) is 6.19. The molecular weight excluding hydrogens is 287 g/mol. The lowest BCUT2D eigenvalue weighted by Crippen LogP contribution is -2.23. The molecule has 0 aliphatic heterocycles. The van der Waals surface area contributed by atoms with Crippen molar-refractivity contribution in [3.63, 3.8) is 0 Å². The van der Waals surface area contributed by atoms with Gasteiger partial charge in [0.05, 0.1) is 11.3 Å². The van der Waals surface area contributed by atoms with E-state index in [1.165, 1.54) is 4.90 Å². The summed E-state index contributed by atoms with van der Waals surface area (Å²) >= 11 is 0. The summed E-state index contributed by atoms with van der Waals surface area (Å²) in [5.74, 6) is -2.38. The minimum Gasteiger partial charge on any atom is -0.478 e. The van der Waals surface area contributed by atoms with Crippen LogP contribution in [0.3, 0.4) is 0 Å². The van der Waals surface area contributed by atoms with Crippen LogP contribution in [-0.4, -0.2) is 33.1 Å². The number of nitrogens with two attached hydrogens (primary N) is 1. The van der Waals surface area contributed by atoms with E-state index in [1.807, 2.05) is 6.92 Å². The number of primary sulfonamides is 1. The molecule has 3 N–H and O–H groups in total. The average molecular weight is 304 g/mol. The first-order chi connectivity index (χ1) is 9.18. The fraction of sp³-hybridized carbons (Fsp3) is 0.417. The zero-order valence-electron chi connectivity index (χ0n) is 11.3. The van der Waals surface area contributed by atoms with Gasteiger partial charge in [-0.1, -0.05) is 13.3 Å². The van der Waals surface area contributed by atoms with Gasteiger partial charge in [0.25, 0.3) is 0 Å². The Kier molecular flexibility index (Phi) is 5.07. The zero-order valence-corrected chi connectivity index (χ0v) is 12.1. The first-order valence-corrected chi connectivity index (χ1v) is 7.54. The van der Waals surface area contributed by atoms with Gasteiger partial charge in [0, 0.05) is 13.6 Å². The SMILES string of the molecule is CCCCN(C)c1cc(C(=O)O)cc(S(N)(=O)=O)c1F. The Bertz CT molecular complexity index is 616. The Hall–Kier alpha value is -1.67. The molecule has 0 radical (unpaired) electrons. The summed E-state index contributed by atoms with van der Waals surface area (Å²) in [4.78, 5) is 11.7. The highest BCUT2D eigenvalue weighted by Crippen LogP contribution is 2.26. The second-order valence-corrected chi connectivity index (χ2v) is 5.96. The van der Waals surface area contributed by atoms with Gasteiger partial charge in [0.2, 0.25) is 10.0 Å². The smallest absolute Gasteiger partial charge is 0.335 e. The van der Waals surface area contributed by atoms with Crippen LogP contribution in [0.1, 0.15) is 30.1 Å². The summed E-state index contributed by atoms with van der Waals surface area (Å²) in [7, 11) is -2.77. The van der Waals surface area contributed by atoms with Gasteiger partial charge >= 0.3 is 5.97 Å². The molecule has 6 nitrogen and oxygen atoms in total. The standard InChI is InChI=1S/C12H17FN2O4S/c1-3-4-5-15(2)9-6-8(12(16)17)7-10(11(9)13)20(14,18)19/h6-7H,3-5H2,1-2H3,(H,16,17)(H2,14,18,19). The molecule has 0 spiro atoms.